The number of methoxy groups -OCH3 is 1. The SMILES string of the molecule is CCCCNC(=O)C1CCCN(CC(=O)Nc2ccc(C(=O)Nc3ccccc3OC)cc2)C1. The predicted octanol–water partition coefficient (Wildman–Crippen LogP) is 3.51. The average molecular weight is 467 g/mol. The van der Waals surface area contributed by atoms with Crippen LogP contribution in [0.1, 0.15) is 43.0 Å². The van der Waals surface area contributed by atoms with Crippen LogP contribution >= 0.6 is 0 Å². The minimum atomic E-state index is -0.265. The number of rotatable bonds is 10. The van der Waals surface area contributed by atoms with Gasteiger partial charge in [0.25, 0.3) is 5.91 Å². The van der Waals surface area contributed by atoms with E-state index in [0.29, 0.717) is 35.8 Å². The molecule has 2 aromatic rings. The van der Waals surface area contributed by atoms with E-state index in [1.54, 1.807) is 43.5 Å². The Morgan fingerprint density at radius 3 is 2.56 bits per heavy atom. The van der Waals surface area contributed by atoms with Gasteiger partial charge in [-0.05, 0) is 62.2 Å². The zero-order chi connectivity index (χ0) is 24.3. The first-order chi connectivity index (χ1) is 16.5. The lowest BCUT2D eigenvalue weighted by atomic mass is 9.97. The Balaban J connectivity index is 1.48. The van der Waals surface area contributed by atoms with E-state index in [9.17, 15) is 14.4 Å². The Morgan fingerprint density at radius 1 is 1.06 bits per heavy atom. The second-order valence-electron chi connectivity index (χ2n) is 8.50. The van der Waals surface area contributed by atoms with Gasteiger partial charge in [0.2, 0.25) is 11.8 Å². The van der Waals surface area contributed by atoms with Gasteiger partial charge in [-0.3, -0.25) is 19.3 Å². The van der Waals surface area contributed by atoms with Crippen LogP contribution in [0.5, 0.6) is 5.75 Å². The highest BCUT2D eigenvalue weighted by Crippen LogP contribution is 2.24. The zero-order valence-electron chi connectivity index (χ0n) is 19.9. The van der Waals surface area contributed by atoms with Crippen molar-refractivity contribution >= 4 is 29.1 Å². The molecule has 3 amide bonds. The standard InChI is InChI=1S/C26H34N4O4/c1-3-4-15-27-25(32)20-8-7-16-30(17-20)18-24(31)28-21-13-11-19(12-14-21)26(33)29-22-9-5-6-10-23(22)34-2/h5-6,9-14,20H,3-4,7-8,15-18H2,1-2H3,(H,27,32)(H,28,31)(H,29,33). The fourth-order valence-electron chi connectivity index (χ4n) is 4.00. The third-order valence-electron chi connectivity index (χ3n) is 5.86. The Kier molecular flexibility index (Phi) is 9.46. The molecule has 1 atom stereocenters. The maximum atomic E-state index is 12.6. The number of para-hydroxylation sites is 2. The number of amides is 3. The quantitative estimate of drug-likeness (QED) is 0.466. The third-order valence-corrected chi connectivity index (χ3v) is 5.86. The lowest BCUT2D eigenvalue weighted by molar-refractivity contribution is -0.127. The van der Waals surface area contributed by atoms with Crippen molar-refractivity contribution in [2.24, 2.45) is 5.92 Å². The molecule has 34 heavy (non-hydrogen) atoms. The number of benzene rings is 2. The number of ether oxygens (including phenoxy) is 1. The molecular formula is C26H34N4O4. The number of piperidine rings is 1. The highest BCUT2D eigenvalue weighted by Gasteiger charge is 2.26. The molecule has 0 saturated carbocycles. The fourth-order valence-corrected chi connectivity index (χ4v) is 4.00. The van der Waals surface area contributed by atoms with Crippen LogP contribution < -0.4 is 20.7 Å². The molecule has 8 nitrogen and oxygen atoms in total. The van der Waals surface area contributed by atoms with Crippen molar-refractivity contribution in [3.8, 4) is 5.75 Å². The molecule has 1 aliphatic rings. The largest absolute Gasteiger partial charge is 0.495 e. The second-order valence-corrected chi connectivity index (χ2v) is 8.50. The monoisotopic (exact) mass is 466 g/mol. The molecule has 8 heteroatoms. The van der Waals surface area contributed by atoms with E-state index < -0.39 is 0 Å². The van der Waals surface area contributed by atoms with E-state index in [0.717, 1.165) is 32.2 Å². The van der Waals surface area contributed by atoms with Crippen LogP contribution in [0.3, 0.4) is 0 Å². The summed E-state index contributed by atoms with van der Waals surface area (Å²) in [7, 11) is 1.55. The summed E-state index contributed by atoms with van der Waals surface area (Å²) in [5.74, 6) is 0.190. The molecule has 0 aromatic heterocycles. The molecule has 2 aromatic carbocycles. The molecule has 1 aliphatic heterocycles. The van der Waals surface area contributed by atoms with E-state index >= 15 is 0 Å². The number of hydrogen-bond donors (Lipinski definition) is 3. The smallest absolute Gasteiger partial charge is 0.255 e. The molecule has 1 heterocycles. The summed E-state index contributed by atoms with van der Waals surface area (Å²) in [6.45, 7) is 4.42. The van der Waals surface area contributed by atoms with Gasteiger partial charge in [0, 0.05) is 24.3 Å². The molecule has 3 N–H and O–H groups in total. The number of likely N-dealkylation sites (tertiary alicyclic amines) is 1. The number of carbonyl (C=O) groups excluding carboxylic acids is 3. The lowest BCUT2D eigenvalue weighted by Crippen LogP contribution is -2.45. The number of hydrogen-bond acceptors (Lipinski definition) is 5. The van der Waals surface area contributed by atoms with Crippen LogP contribution in [-0.2, 0) is 9.59 Å². The zero-order valence-corrected chi connectivity index (χ0v) is 19.9. The summed E-state index contributed by atoms with van der Waals surface area (Å²) in [5, 5.41) is 8.70. The summed E-state index contributed by atoms with van der Waals surface area (Å²) in [4.78, 5) is 39.5. The predicted molar refractivity (Wildman–Crippen MR) is 133 cm³/mol. The Hall–Kier alpha value is -3.39. The molecular weight excluding hydrogens is 432 g/mol. The molecule has 3 rings (SSSR count). The van der Waals surface area contributed by atoms with E-state index in [4.69, 9.17) is 4.74 Å². The maximum absolute atomic E-state index is 12.6. The van der Waals surface area contributed by atoms with Crippen molar-refractivity contribution in [2.75, 3.05) is 43.9 Å². The number of nitrogens with zero attached hydrogens (tertiary/aromatic N) is 1. The van der Waals surface area contributed by atoms with Gasteiger partial charge in [0.1, 0.15) is 5.75 Å². The van der Waals surface area contributed by atoms with Crippen molar-refractivity contribution in [3.05, 3.63) is 54.1 Å². The minimum absolute atomic E-state index is 0.0700. The van der Waals surface area contributed by atoms with Crippen molar-refractivity contribution in [3.63, 3.8) is 0 Å². The molecule has 0 spiro atoms. The van der Waals surface area contributed by atoms with Gasteiger partial charge in [-0.15, -0.1) is 0 Å². The fraction of sp³-hybridized carbons (Fsp3) is 0.423. The van der Waals surface area contributed by atoms with Crippen molar-refractivity contribution in [1.82, 2.24) is 10.2 Å². The summed E-state index contributed by atoms with van der Waals surface area (Å²) in [6, 6.07) is 13.9. The molecule has 1 saturated heterocycles. The van der Waals surface area contributed by atoms with E-state index in [2.05, 4.69) is 22.9 Å². The van der Waals surface area contributed by atoms with Gasteiger partial charge >= 0.3 is 0 Å². The Bertz CT molecular complexity index is 977. The average Bonchev–Trinajstić information content (AvgIpc) is 2.85. The summed E-state index contributed by atoms with van der Waals surface area (Å²) in [5.41, 5.74) is 1.67. The van der Waals surface area contributed by atoms with Crippen molar-refractivity contribution in [1.29, 1.82) is 0 Å². The number of anilines is 2. The Labute approximate surface area is 201 Å². The van der Waals surface area contributed by atoms with Gasteiger partial charge in [-0.2, -0.15) is 0 Å². The third kappa shape index (κ3) is 7.31. The molecule has 0 aliphatic carbocycles. The first kappa shape index (κ1) is 25.2. The van der Waals surface area contributed by atoms with E-state index in [1.807, 2.05) is 17.0 Å². The summed E-state index contributed by atoms with van der Waals surface area (Å²) in [6.07, 6.45) is 3.78. The Morgan fingerprint density at radius 2 is 1.82 bits per heavy atom. The van der Waals surface area contributed by atoms with Crippen molar-refractivity contribution in [2.45, 2.75) is 32.6 Å². The lowest BCUT2D eigenvalue weighted by Gasteiger charge is -2.31. The number of unbranched alkanes of at least 4 members (excludes halogenated alkanes) is 1. The van der Waals surface area contributed by atoms with Gasteiger partial charge in [-0.25, -0.2) is 0 Å². The van der Waals surface area contributed by atoms with Crippen LogP contribution in [0.2, 0.25) is 0 Å². The summed E-state index contributed by atoms with van der Waals surface area (Å²) >= 11 is 0. The summed E-state index contributed by atoms with van der Waals surface area (Å²) < 4.78 is 5.26. The highest BCUT2D eigenvalue weighted by molar-refractivity contribution is 6.05. The van der Waals surface area contributed by atoms with Crippen molar-refractivity contribution < 1.29 is 19.1 Å². The topological polar surface area (TPSA) is 99.8 Å². The minimum Gasteiger partial charge on any atom is -0.495 e. The van der Waals surface area contributed by atoms with Crippen LogP contribution in [0.25, 0.3) is 0 Å². The van der Waals surface area contributed by atoms with Gasteiger partial charge in [0.05, 0.1) is 25.3 Å². The second kappa shape index (κ2) is 12.7. The molecule has 0 radical (unpaired) electrons. The normalized spacial score (nSPS) is 15.9. The van der Waals surface area contributed by atoms with Gasteiger partial charge < -0.3 is 20.7 Å². The molecule has 0 bridgehead atoms. The molecule has 182 valence electrons. The molecule has 1 unspecified atom stereocenters. The highest BCUT2D eigenvalue weighted by atomic mass is 16.5. The first-order valence-corrected chi connectivity index (χ1v) is 11.8. The van der Waals surface area contributed by atoms with E-state index in [-0.39, 0.29) is 30.2 Å². The van der Waals surface area contributed by atoms with Gasteiger partial charge in [0.15, 0.2) is 0 Å². The van der Waals surface area contributed by atoms with Crippen LogP contribution in [-0.4, -0.2) is 55.9 Å². The van der Waals surface area contributed by atoms with Crippen LogP contribution in [0.4, 0.5) is 11.4 Å². The first-order valence-electron chi connectivity index (χ1n) is 11.8. The maximum Gasteiger partial charge on any atom is 0.255 e. The van der Waals surface area contributed by atoms with E-state index in [1.165, 1.54) is 0 Å². The van der Waals surface area contributed by atoms with Crippen LogP contribution in [0, 0.1) is 5.92 Å². The van der Waals surface area contributed by atoms with Crippen LogP contribution in [0.15, 0.2) is 48.5 Å². The number of nitrogens with one attached hydrogen (secondary N) is 3. The number of carbonyl (C=O) groups is 3. The molecule has 1 fully saturated rings. The van der Waals surface area contributed by atoms with Gasteiger partial charge in [-0.1, -0.05) is 25.5 Å².